The van der Waals surface area contributed by atoms with E-state index < -0.39 is 0 Å². The van der Waals surface area contributed by atoms with Crippen molar-refractivity contribution in [1.29, 1.82) is 0 Å². The van der Waals surface area contributed by atoms with Crippen molar-refractivity contribution >= 4 is 17.2 Å². The van der Waals surface area contributed by atoms with Gasteiger partial charge in [0.2, 0.25) is 0 Å². The Bertz CT molecular complexity index is 957. The number of rotatable bonds is 7. The van der Waals surface area contributed by atoms with E-state index in [0.29, 0.717) is 5.56 Å². The van der Waals surface area contributed by atoms with Crippen molar-refractivity contribution in [2.75, 3.05) is 26.2 Å². The van der Waals surface area contributed by atoms with Crippen LogP contribution in [-0.2, 0) is 0 Å². The van der Waals surface area contributed by atoms with E-state index in [-0.39, 0.29) is 5.91 Å². The third-order valence-electron chi connectivity index (χ3n) is 5.63. The molecule has 156 valence electrons. The monoisotopic (exact) mass is 419 g/mol. The van der Waals surface area contributed by atoms with Gasteiger partial charge in [0.05, 0.1) is 5.69 Å². The van der Waals surface area contributed by atoms with Gasteiger partial charge in [0.15, 0.2) is 0 Å². The van der Waals surface area contributed by atoms with Gasteiger partial charge in [-0.3, -0.25) is 4.79 Å². The highest BCUT2D eigenvalue weighted by Gasteiger charge is 2.11. The molecule has 0 atom stereocenters. The number of hydrogen-bond acceptors (Lipinski definition) is 4. The summed E-state index contributed by atoms with van der Waals surface area (Å²) >= 11 is 1.64. The number of aromatic nitrogens is 1. The molecule has 4 nitrogen and oxygen atoms in total. The lowest BCUT2D eigenvalue weighted by Crippen LogP contribution is -2.33. The van der Waals surface area contributed by atoms with E-state index >= 15 is 0 Å². The summed E-state index contributed by atoms with van der Waals surface area (Å²) in [6.07, 6.45) is 4.98. The second-order valence-electron chi connectivity index (χ2n) is 7.99. The van der Waals surface area contributed by atoms with Crippen molar-refractivity contribution in [3.63, 3.8) is 0 Å². The summed E-state index contributed by atoms with van der Waals surface area (Å²) in [5.41, 5.74) is 5.06. The maximum absolute atomic E-state index is 12.4. The predicted molar refractivity (Wildman–Crippen MR) is 125 cm³/mol. The first-order chi connectivity index (χ1) is 14.7. The lowest BCUT2D eigenvalue weighted by Gasteiger charge is -2.26. The average Bonchev–Trinajstić information content (AvgIpc) is 3.28. The SMILES string of the molecule is Cc1ccc(-c2nc(-c3ccc(C(=O)NCCCN4CCCCC4)cc3)cs2)cc1. The highest BCUT2D eigenvalue weighted by Crippen LogP contribution is 2.29. The van der Waals surface area contributed by atoms with Crippen LogP contribution in [0.15, 0.2) is 53.9 Å². The van der Waals surface area contributed by atoms with Gasteiger partial charge in [0, 0.05) is 28.6 Å². The minimum Gasteiger partial charge on any atom is -0.352 e. The molecule has 0 unspecified atom stereocenters. The Morgan fingerprint density at radius 1 is 1.00 bits per heavy atom. The molecule has 2 aromatic carbocycles. The van der Waals surface area contributed by atoms with Gasteiger partial charge in [-0.15, -0.1) is 11.3 Å². The summed E-state index contributed by atoms with van der Waals surface area (Å²) in [6, 6.07) is 16.2. The normalized spacial score (nSPS) is 14.6. The molecule has 1 aliphatic heterocycles. The van der Waals surface area contributed by atoms with E-state index in [1.807, 2.05) is 24.3 Å². The lowest BCUT2D eigenvalue weighted by atomic mass is 10.1. The van der Waals surface area contributed by atoms with Gasteiger partial charge in [0.25, 0.3) is 5.91 Å². The number of aryl methyl sites for hydroxylation is 1. The summed E-state index contributed by atoms with van der Waals surface area (Å²) in [5.74, 6) is -0.00110. The number of nitrogens with zero attached hydrogens (tertiary/aromatic N) is 2. The third-order valence-corrected chi connectivity index (χ3v) is 6.52. The predicted octanol–water partition coefficient (Wildman–Crippen LogP) is 5.39. The molecule has 4 rings (SSSR count). The molecule has 0 radical (unpaired) electrons. The van der Waals surface area contributed by atoms with Crippen LogP contribution in [0.25, 0.3) is 21.8 Å². The van der Waals surface area contributed by atoms with Gasteiger partial charge >= 0.3 is 0 Å². The van der Waals surface area contributed by atoms with E-state index in [0.717, 1.165) is 41.3 Å². The van der Waals surface area contributed by atoms with Crippen LogP contribution in [0, 0.1) is 6.92 Å². The summed E-state index contributed by atoms with van der Waals surface area (Å²) in [7, 11) is 0. The molecule has 1 saturated heterocycles. The van der Waals surface area contributed by atoms with E-state index in [1.54, 1.807) is 11.3 Å². The molecule has 1 fully saturated rings. The zero-order valence-electron chi connectivity index (χ0n) is 17.6. The van der Waals surface area contributed by atoms with Gasteiger partial charge in [-0.2, -0.15) is 0 Å². The average molecular weight is 420 g/mol. The van der Waals surface area contributed by atoms with Gasteiger partial charge in [-0.25, -0.2) is 4.98 Å². The first-order valence-electron chi connectivity index (χ1n) is 10.8. The number of thiazole rings is 1. The molecule has 0 saturated carbocycles. The van der Waals surface area contributed by atoms with E-state index in [9.17, 15) is 4.79 Å². The van der Waals surface area contributed by atoms with Crippen LogP contribution in [0.1, 0.15) is 41.6 Å². The zero-order chi connectivity index (χ0) is 20.8. The maximum Gasteiger partial charge on any atom is 0.251 e. The summed E-state index contributed by atoms with van der Waals surface area (Å²) < 4.78 is 0. The molecule has 1 aromatic heterocycles. The highest BCUT2D eigenvalue weighted by molar-refractivity contribution is 7.13. The van der Waals surface area contributed by atoms with Crippen LogP contribution in [0.2, 0.25) is 0 Å². The van der Waals surface area contributed by atoms with Gasteiger partial charge < -0.3 is 10.2 Å². The molecular weight excluding hydrogens is 390 g/mol. The Hall–Kier alpha value is -2.50. The van der Waals surface area contributed by atoms with Crippen molar-refractivity contribution in [2.45, 2.75) is 32.6 Å². The fraction of sp³-hybridized carbons (Fsp3) is 0.360. The number of carbonyl (C=O) groups is 1. The van der Waals surface area contributed by atoms with Crippen molar-refractivity contribution < 1.29 is 4.79 Å². The number of carbonyl (C=O) groups excluding carboxylic acids is 1. The first-order valence-corrected chi connectivity index (χ1v) is 11.7. The summed E-state index contributed by atoms with van der Waals surface area (Å²) in [6.45, 7) is 6.30. The Morgan fingerprint density at radius 3 is 2.43 bits per heavy atom. The van der Waals surface area contributed by atoms with Crippen LogP contribution in [-0.4, -0.2) is 42.0 Å². The second kappa shape index (κ2) is 10.0. The minimum atomic E-state index is -0.00110. The van der Waals surface area contributed by atoms with Gasteiger partial charge in [-0.1, -0.05) is 48.4 Å². The Morgan fingerprint density at radius 2 is 1.70 bits per heavy atom. The molecule has 2 heterocycles. The topological polar surface area (TPSA) is 45.2 Å². The molecule has 3 aromatic rings. The standard InChI is InChI=1S/C25H29N3OS/c1-19-6-8-22(9-7-19)25-27-23(18-30-25)20-10-12-21(13-11-20)24(29)26-14-5-17-28-15-3-2-4-16-28/h6-13,18H,2-5,14-17H2,1H3,(H,26,29). The van der Waals surface area contributed by atoms with Crippen molar-refractivity contribution in [3.05, 3.63) is 65.0 Å². The van der Waals surface area contributed by atoms with Crippen LogP contribution in [0.5, 0.6) is 0 Å². The van der Waals surface area contributed by atoms with Crippen molar-refractivity contribution in [1.82, 2.24) is 15.2 Å². The Balaban J connectivity index is 1.30. The van der Waals surface area contributed by atoms with Crippen molar-refractivity contribution in [3.8, 4) is 21.8 Å². The minimum absolute atomic E-state index is 0.00110. The molecular formula is C25H29N3OS. The molecule has 5 heteroatoms. The number of nitrogens with one attached hydrogen (secondary N) is 1. The lowest BCUT2D eigenvalue weighted by molar-refractivity contribution is 0.0951. The van der Waals surface area contributed by atoms with Crippen molar-refractivity contribution in [2.24, 2.45) is 0 Å². The summed E-state index contributed by atoms with van der Waals surface area (Å²) in [4.78, 5) is 19.7. The third kappa shape index (κ3) is 5.35. The fourth-order valence-corrected chi connectivity index (χ4v) is 4.65. The maximum atomic E-state index is 12.4. The van der Waals surface area contributed by atoms with Crippen LogP contribution in [0.4, 0.5) is 0 Å². The molecule has 1 amide bonds. The van der Waals surface area contributed by atoms with Gasteiger partial charge in [0.1, 0.15) is 5.01 Å². The molecule has 0 spiro atoms. The molecule has 1 N–H and O–H groups in total. The highest BCUT2D eigenvalue weighted by atomic mass is 32.1. The number of hydrogen-bond donors (Lipinski definition) is 1. The first kappa shape index (κ1) is 20.8. The molecule has 0 aliphatic carbocycles. The van der Waals surface area contributed by atoms with Crippen LogP contribution in [0.3, 0.4) is 0 Å². The van der Waals surface area contributed by atoms with E-state index in [2.05, 4.69) is 46.8 Å². The van der Waals surface area contributed by atoms with Crippen LogP contribution >= 0.6 is 11.3 Å². The number of piperidine rings is 1. The van der Waals surface area contributed by atoms with Gasteiger partial charge in [-0.05, 0) is 58.0 Å². The number of amides is 1. The van der Waals surface area contributed by atoms with E-state index in [1.165, 1.54) is 37.9 Å². The van der Waals surface area contributed by atoms with Crippen LogP contribution < -0.4 is 5.32 Å². The number of benzene rings is 2. The molecule has 0 bridgehead atoms. The molecule has 1 aliphatic rings. The Labute approximate surface area is 183 Å². The smallest absolute Gasteiger partial charge is 0.251 e. The number of likely N-dealkylation sites (tertiary alicyclic amines) is 1. The Kier molecular flexibility index (Phi) is 6.92. The molecule has 30 heavy (non-hydrogen) atoms. The largest absolute Gasteiger partial charge is 0.352 e. The zero-order valence-corrected chi connectivity index (χ0v) is 18.4. The van der Waals surface area contributed by atoms with E-state index in [4.69, 9.17) is 4.98 Å². The fourth-order valence-electron chi connectivity index (χ4n) is 3.82. The quantitative estimate of drug-likeness (QED) is 0.522. The second-order valence-corrected chi connectivity index (χ2v) is 8.85. The summed E-state index contributed by atoms with van der Waals surface area (Å²) in [5, 5.41) is 6.14.